The van der Waals surface area contributed by atoms with Gasteiger partial charge in [0, 0.05) is 12.6 Å². The molecule has 2 atom stereocenters. The molecule has 1 heterocycles. The van der Waals surface area contributed by atoms with Gasteiger partial charge in [0.2, 0.25) is 5.91 Å². The lowest BCUT2D eigenvalue weighted by Crippen LogP contribution is -2.54. The van der Waals surface area contributed by atoms with E-state index < -0.39 is 17.5 Å². The van der Waals surface area contributed by atoms with Crippen LogP contribution in [0.25, 0.3) is 0 Å². The predicted molar refractivity (Wildman–Crippen MR) is 58.4 cm³/mol. The van der Waals surface area contributed by atoms with Gasteiger partial charge in [-0.05, 0) is 25.8 Å². The van der Waals surface area contributed by atoms with Crippen LogP contribution < -0.4 is 10.6 Å². The van der Waals surface area contributed by atoms with Crippen molar-refractivity contribution in [3.8, 4) is 0 Å². The average Bonchev–Trinajstić information content (AvgIpc) is 2.65. The largest absolute Gasteiger partial charge is 0.404 e. The molecule has 2 N–H and O–H groups in total. The third-order valence-electron chi connectivity index (χ3n) is 3.49. The molecule has 2 unspecified atom stereocenters. The summed E-state index contributed by atoms with van der Waals surface area (Å²) in [5.41, 5.74) is -2.25. The van der Waals surface area contributed by atoms with Crippen molar-refractivity contribution in [2.75, 3.05) is 13.1 Å². The smallest absolute Gasteiger partial charge is 0.353 e. The van der Waals surface area contributed by atoms with Crippen molar-refractivity contribution in [1.82, 2.24) is 10.6 Å². The number of nitrogens with one attached hydrogen (secondary N) is 2. The van der Waals surface area contributed by atoms with E-state index in [1.807, 2.05) is 13.8 Å². The van der Waals surface area contributed by atoms with Crippen molar-refractivity contribution in [2.24, 2.45) is 11.3 Å². The Morgan fingerprint density at radius 3 is 2.29 bits per heavy atom. The molecular weight excluding hydrogens is 233 g/mol. The lowest BCUT2D eigenvalue weighted by molar-refractivity contribution is -0.216. The van der Waals surface area contributed by atoms with Gasteiger partial charge in [0.1, 0.15) is 0 Å². The van der Waals surface area contributed by atoms with E-state index in [0.717, 1.165) is 0 Å². The molecule has 0 aliphatic carbocycles. The quantitative estimate of drug-likeness (QED) is 0.802. The van der Waals surface area contributed by atoms with E-state index in [4.69, 9.17) is 0 Å². The zero-order valence-electron chi connectivity index (χ0n) is 10.3. The molecule has 6 heteroatoms. The highest BCUT2D eigenvalue weighted by molar-refractivity contribution is 5.84. The van der Waals surface area contributed by atoms with Crippen molar-refractivity contribution in [3.63, 3.8) is 0 Å². The molecule has 3 nitrogen and oxygen atoms in total. The van der Waals surface area contributed by atoms with E-state index in [1.165, 1.54) is 0 Å². The number of amides is 1. The summed E-state index contributed by atoms with van der Waals surface area (Å²) < 4.78 is 39.1. The standard InChI is InChI=1S/C11H19F3N2O/c1-7(2)8(3)16-9(17)10(11(12,13)14)4-5-15-6-10/h7-8,15H,4-6H2,1-3H3,(H,16,17). The highest BCUT2D eigenvalue weighted by Gasteiger charge is 2.61. The summed E-state index contributed by atoms with van der Waals surface area (Å²) in [7, 11) is 0. The molecule has 1 fully saturated rings. The van der Waals surface area contributed by atoms with Crippen LogP contribution in [0.4, 0.5) is 13.2 Å². The Morgan fingerprint density at radius 1 is 1.35 bits per heavy atom. The van der Waals surface area contributed by atoms with E-state index >= 15 is 0 Å². The average molecular weight is 252 g/mol. The number of carbonyl (C=O) groups excluding carboxylic acids is 1. The maximum absolute atomic E-state index is 13.0. The molecule has 0 radical (unpaired) electrons. The predicted octanol–water partition coefficient (Wildman–Crippen LogP) is 1.69. The summed E-state index contributed by atoms with van der Waals surface area (Å²) >= 11 is 0. The second-order valence-corrected chi connectivity index (χ2v) is 5.01. The minimum atomic E-state index is -4.50. The first-order chi connectivity index (χ1) is 7.71. The molecule has 0 spiro atoms. The third-order valence-corrected chi connectivity index (χ3v) is 3.49. The summed E-state index contributed by atoms with van der Waals surface area (Å²) in [6, 6.07) is -0.262. The van der Waals surface area contributed by atoms with E-state index in [0.29, 0.717) is 0 Å². The van der Waals surface area contributed by atoms with Crippen LogP contribution in [0.15, 0.2) is 0 Å². The number of hydrogen-bond donors (Lipinski definition) is 2. The highest BCUT2D eigenvalue weighted by Crippen LogP contribution is 2.43. The molecule has 100 valence electrons. The van der Waals surface area contributed by atoms with Gasteiger partial charge >= 0.3 is 6.18 Å². The molecule has 1 amide bonds. The van der Waals surface area contributed by atoms with Gasteiger partial charge in [-0.2, -0.15) is 13.2 Å². The Hall–Kier alpha value is -0.780. The number of carbonyl (C=O) groups is 1. The van der Waals surface area contributed by atoms with E-state index in [2.05, 4.69) is 10.6 Å². The van der Waals surface area contributed by atoms with Crippen LogP contribution in [-0.4, -0.2) is 31.2 Å². The van der Waals surface area contributed by atoms with Crippen molar-refractivity contribution in [3.05, 3.63) is 0 Å². The van der Waals surface area contributed by atoms with Gasteiger partial charge in [-0.3, -0.25) is 4.79 Å². The minimum Gasteiger partial charge on any atom is -0.353 e. The molecule has 1 aliphatic rings. The molecule has 1 rings (SSSR count). The van der Waals surface area contributed by atoms with Gasteiger partial charge in [-0.25, -0.2) is 0 Å². The maximum Gasteiger partial charge on any atom is 0.404 e. The van der Waals surface area contributed by atoms with E-state index in [9.17, 15) is 18.0 Å². The molecule has 0 bridgehead atoms. The van der Waals surface area contributed by atoms with Crippen LogP contribution in [-0.2, 0) is 4.79 Å². The van der Waals surface area contributed by atoms with Crippen LogP contribution >= 0.6 is 0 Å². The first-order valence-electron chi connectivity index (χ1n) is 5.79. The second-order valence-electron chi connectivity index (χ2n) is 5.01. The Bertz CT molecular complexity index is 283. The van der Waals surface area contributed by atoms with E-state index in [1.54, 1.807) is 6.92 Å². The van der Waals surface area contributed by atoms with Crippen LogP contribution in [0.2, 0.25) is 0 Å². The Balaban J connectivity index is 2.83. The van der Waals surface area contributed by atoms with Crippen molar-refractivity contribution >= 4 is 5.91 Å². The van der Waals surface area contributed by atoms with Gasteiger partial charge in [0.25, 0.3) is 0 Å². The monoisotopic (exact) mass is 252 g/mol. The molecule has 17 heavy (non-hydrogen) atoms. The zero-order valence-corrected chi connectivity index (χ0v) is 10.3. The topological polar surface area (TPSA) is 41.1 Å². The van der Waals surface area contributed by atoms with Crippen LogP contribution in [0.5, 0.6) is 0 Å². The number of hydrogen-bond acceptors (Lipinski definition) is 2. The Labute approximate surface area is 99.1 Å². The van der Waals surface area contributed by atoms with Gasteiger partial charge < -0.3 is 10.6 Å². The van der Waals surface area contributed by atoms with Crippen molar-refractivity contribution in [2.45, 2.75) is 39.4 Å². The lowest BCUT2D eigenvalue weighted by Gasteiger charge is -2.31. The van der Waals surface area contributed by atoms with Crippen LogP contribution in [0.1, 0.15) is 27.2 Å². The van der Waals surface area contributed by atoms with Gasteiger partial charge in [0.05, 0.1) is 0 Å². The fourth-order valence-electron chi connectivity index (χ4n) is 1.77. The van der Waals surface area contributed by atoms with E-state index in [-0.39, 0.29) is 31.5 Å². The SMILES string of the molecule is CC(C)C(C)NC(=O)C1(C(F)(F)F)CCNC1. The van der Waals surface area contributed by atoms with Crippen LogP contribution in [0.3, 0.4) is 0 Å². The summed E-state index contributed by atoms with van der Waals surface area (Å²) in [6.07, 6.45) is -4.69. The normalized spacial score (nSPS) is 27.2. The molecule has 1 saturated heterocycles. The summed E-state index contributed by atoms with van der Waals surface area (Å²) in [6.45, 7) is 5.33. The fourth-order valence-corrected chi connectivity index (χ4v) is 1.77. The third kappa shape index (κ3) is 2.73. The lowest BCUT2D eigenvalue weighted by atomic mass is 9.84. The van der Waals surface area contributed by atoms with Crippen molar-refractivity contribution in [1.29, 1.82) is 0 Å². The fraction of sp³-hybridized carbons (Fsp3) is 0.909. The number of rotatable bonds is 3. The molecule has 0 saturated carbocycles. The minimum absolute atomic E-state index is 0.110. The number of halogens is 3. The molecular formula is C11H19F3N2O. The van der Waals surface area contributed by atoms with Gasteiger partial charge in [-0.15, -0.1) is 0 Å². The molecule has 0 aromatic rings. The molecule has 0 aromatic heterocycles. The van der Waals surface area contributed by atoms with Crippen LogP contribution in [0, 0.1) is 11.3 Å². The molecule has 1 aliphatic heterocycles. The Kier molecular flexibility index (Phi) is 4.06. The summed E-state index contributed by atoms with van der Waals surface area (Å²) in [5, 5.41) is 5.09. The maximum atomic E-state index is 13.0. The number of alkyl halides is 3. The van der Waals surface area contributed by atoms with Crippen molar-refractivity contribution < 1.29 is 18.0 Å². The van der Waals surface area contributed by atoms with Gasteiger partial charge in [-0.1, -0.05) is 13.8 Å². The molecule has 0 aromatic carbocycles. The van der Waals surface area contributed by atoms with Gasteiger partial charge in [0.15, 0.2) is 5.41 Å². The second kappa shape index (κ2) is 4.84. The first kappa shape index (κ1) is 14.3. The summed E-state index contributed by atoms with van der Waals surface area (Å²) in [5.74, 6) is -0.796. The Morgan fingerprint density at radius 2 is 1.94 bits per heavy atom. The summed E-state index contributed by atoms with van der Waals surface area (Å²) in [4.78, 5) is 11.9. The highest BCUT2D eigenvalue weighted by atomic mass is 19.4. The first-order valence-corrected chi connectivity index (χ1v) is 5.79. The zero-order chi connectivity index (χ0) is 13.3.